The number of hydrogen-bond donors (Lipinski definition) is 2. The average molecular weight is 200 g/mol. The van der Waals surface area contributed by atoms with Gasteiger partial charge in [-0.05, 0) is 19.2 Å². The van der Waals surface area contributed by atoms with Crippen molar-refractivity contribution in [3.05, 3.63) is 23.7 Å². The standard InChI is InChI=1S/C9H16N2OS/c1-11-6-8-2-3-9(12-8)7-13-5-4-10/h2-3,11H,4-7,10H2,1H3. The van der Waals surface area contributed by atoms with Crippen molar-refractivity contribution < 1.29 is 4.42 Å². The molecule has 4 heteroatoms. The van der Waals surface area contributed by atoms with E-state index in [-0.39, 0.29) is 0 Å². The minimum Gasteiger partial charge on any atom is -0.464 e. The molecule has 1 rings (SSSR count). The molecule has 0 amide bonds. The SMILES string of the molecule is CNCc1ccc(CSCCN)o1. The molecular weight excluding hydrogens is 184 g/mol. The molecule has 0 fully saturated rings. The van der Waals surface area contributed by atoms with Gasteiger partial charge >= 0.3 is 0 Å². The third-order valence-corrected chi connectivity index (χ3v) is 2.59. The molecule has 0 aliphatic heterocycles. The van der Waals surface area contributed by atoms with E-state index in [0.717, 1.165) is 36.1 Å². The lowest BCUT2D eigenvalue weighted by atomic mass is 10.4. The maximum atomic E-state index is 5.55. The predicted octanol–water partition coefficient (Wildman–Crippen LogP) is 1.19. The third-order valence-electron chi connectivity index (χ3n) is 1.57. The van der Waals surface area contributed by atoms with Crippen molar-refractivity contribution in [1.29, 1.82) is 0 Å². The summed E-state index contributed by atoms with van der Waals surface area (Å²) in [7, 11) is 1.91. The summed E-state index contributed by atoms with van der Waals surface area (Å²) >= 11 is 1.80. The highest BCUT2D eigenvalue weighted by Crippen LogP contribution is 2.14. The second-order valence-corrected chi connectivity index (χ2v) is 3.84. The Bertz CT molecular complexity index is 237. The van der Waals surface area contributed by atoms with E-state index < -0.39 is 0 Å². The van der Waals surface area contributed by atoms with E-state index in [4.69, 9.17) is 10.2 Å². The van der Waals surface area contributed by atoms with Crippen LogP contribution in [-0.4, -0.2) is 19.3 Å². The van der Waals surface area contributed by atoms with Crippen molar-refractivity contribution >= 4 is 11.8 Å². The van der Waals surface area contributed by atoms with Crippen LogP contribution in [0, 0.1) is 0 Å². The summed E-state index contributed by atoms with van der Waals surface area (Å²) in [4.78, 5) is 0. The van der Waals surface area contributed by atoms with Gasteiger partial charge in [-0.25, -0.2) is 0 Å². The van der Waals surface area contributed by atoms with Gasteiger partial charge in [0, 0.05) is 12.3 Å². The van der Waals surface area contributed by atoms with Gasteiger partial charge in [-0.15, -0.1) is 0 Å². The quantitative estimate of drug-likeness (QED) is 0.677. The summed E-state index contributed by atoms with van der Waals surface area (Å²) in [5.74, 6) is 3.93. The van der Waals surface area contributed by atoms with Gasteiger partial charge < -0.3 is 15.5 Å². The molecule has 0 saturated heterocycles. The molecule has 1 aromatic rings. The van der Waals surface area contributed by atoms with Crippen molar-refractivity contribution in [2.24, 2.45) is 5.73 Å². The van der Waals surface area contributed by atoms with Gasteiger partial charge in [-0.3, -0.25) is 0 Å². The largest absolute Gasteiger partial charge is 0.464 e. The summed E-state index contributed by atoms with van der Waals surface area (Å²) in [6.45, 7) is 1.52. The maximum Gasteiger partial charge on any atom is 0.117 e. The Balaban J connectivity index is 2.31. The second kappa shape index (κ2) is 6.07. The lowest BCUT2D eigenvalue weighted by molar-refractivity contribution is 0.469. The zero-order valence-electron chi connectivity index (χ0n) is 7.88. The molecule has 13 heavy (non-hydrogen) atoms. The monoisotopic (exact) mass is 200 g/mol. The number of nitrogens with two attached hydrogens (primary N) is 1. The van der Waals surface area contributed by atoms with Gasteiger partial charge in [0.15, 0.2) is 0 Å². The van der Waals surface area contributed by atoms with E-state index in [2.05, 4.69) is 5.32 Å². The fourth-order valence-electron chi connectivity index (χ4n) is 1.03. The Kier molecular flexibility index (Phi) is 4.97. The number of rotatable bonds is 6. The van der Waals surface area contributed by atoms with Crippen LogP contribution in [0.4, 0.5) is 0 Å². The molecule has 0 spiro atoms. The molecule has 3 N–H and O–H groups in total. The number of furan rings is 1. The molecule has 1 aromatic heterocycles. The van der Waals surface area contributed by atoms with Gasteiger partial charge in [0.05, 0.1) is 12.3 Å². The fourth-order valence-corrected chi connectivity index (χ4v) is 1.69. The Morgan fingerprint density at radius 1 is 1.46 bits per heavy atom. The maximum absolute atomic E-state index is 5.55. The topological polar surface area (TPSA) is 51.2 Å². The molecule has 0 bridgehead atoms. The van der Waals surface area contributed by atoms with Gasteiger partial charge in [-0.2, -0.15) is 11.8 Å². The lowest BCUT2D eigenvalue weighted by Crippen LogP contribution is -2.03. The van der Waals surface area contributed by atoms with Gasteiger partial charge in [0.2, 0.25) is 0 Å². The number of thioether (sulfide) groups is 1. The summed E-state index contributed by atoms with van der Waals surface area (Å²) < 4.78 is 5.55. The van der Waals surface area contributed by atoms with Gasteiger partial charge in [-0.1, -0.05) is 0 Å². The smallest absolute Gasteiger partial charge is 0.117 e. The van der Waals surface area contributed by atoms with Crippen molar-refractivity contribution in [3.8, 4) is 0 Å². The Morgan fingerprint density at radius 2 is 2.23 bits per heavy atom. The number of nitrogens with one attached hydrogen (secondary N) is 1. The first kappa shape index (κ1) is 10.6. The van der Waals surface area contributed by atoms with E-state index in [1.165, 1.54) is 0 Å². The highest BCUT2D eigenvalue weighted by atomic mass is 32.2. The zero-order chi connectivity index (χ0) is 9.52. The van der Waals surface area contributed by atoms with E-state index in [9.17, 15) is 0 Å². The van der Waals surface area contributed by atoms with Crippen LogP contribution in [0.15, 0.2) is 16.5 Å². The average Bonchev–Trinajstić information content (AvgIpc) is 2.54. The zero-order valence-corrected chi connectivity index (χ0v) is 8.69. The number of hydrogen-bond acceptors (Lipinski definition) is 4. The first-order chi connectivity index (χ1) is 6.36. The molecule has 0 saturated carbocycles. The Morgan fingerprint density at radius 3 is 2.92 bits per heavy atom. The molecule has 3 nitrogen and oxygen atoms in total. The van der Waals surface area contributed by atoms with Crippen LogP contribution in [0.3, 0.4) is 0 Å². The van der Waals surface area contributed by atoms with Crippen LogP contribution in [0.1, 0.15) is 11.5 Å². The summed E-state index contributed by atoms with van der Waals surface area (Å²) in [6, 6.07) is 4.03. The minimum absolute atomic E-state index is 0.731. The fraction of sp³-hybridized carbons (Fsp3) is 0.556. The minimum atomic E-state index is 0.731. The molecular formula is C9H16N2OS. The molecule has 0 aromatic carbocycles. The van der Waals surface area contributed by atoms with Crippen LogP contribution < -0.4 is 11.1 Å². The summed E-state index contributed by atoms with van der Waals surface area (Å²) in [6.07, 6.45) is 0. The highest BCUT2D eigenvalue weighted by molar-refractivity contribution is 7.98. The Labute approximate surface area is 83.1 Å². The van der Waals surface area contributed by atoms with Crippen molar-refractivity contribution in [3.63, 3.8) is 0 Å². The van der Waals surface area contributed by atoms with Crippen LogP contribution in [0.2, 0.25) is 0 Å². The third kappa shape index (κ3) is 3.85. The summed E-state index contributed by atoms with van der Waals surface area (Å²) in [5, 5.41) is 3.04. The van der Waals surface area contributed by atoms with E-state index in [0.29, 0.717) is 0 Å². The normalized spacial score (nSPS) is 10.6. The van der Waals surface area contributed by atoms with Crippen LogP contribution >= 0.6 is 11.8 Å². The van der Waals surface area contributed by atoms with Gasteiger partial charge in [0.1, 0.15) is 11.5 Å². The van der Waals surface area contributed by atoms with Crippen LogP contribution in [-0.2, 0) is 12.3 Å². The predicted molar refractivity (Wildman–Crippen MR) is 56.7 cm³/mol. The highest BCUT2D eigenvalue weighted by Gasteiger charge is 2.00. The Hall–Kier alpha value is -0.450. The lowest BCUT2D eigenvalue weighted by Gasteiger charge is -1.96. The first-order valence-corrected chi connectivity index (χ1v) is 5.52. The molecule has 74 valence electrons. The van der Waals surface area contributed by atoms with E-state index >= 15 is 0 Å². The molecule has 1 heterocycles. The summed E-state index contributed by atoms with van der Waals surface area (Å²) in [5.41, 5.74) is 5.38. The molecule has 0 unspecified atom stereocenters. The van der Waals surface area contributed by atoms with Gasteiger partial charge in [0.25, 0.3) is 0 Å². The van der Waals surface area contributed by atoms with Crippen LogP contribution in [0.5, 0.6) is 0 Å². The van der Waals surface area contributed by atoms with Crippen LogP contribution in [0.25, 0.3) is 0 Å². The molecule has 0 radical (unpaired) electrons. The van der Waals surface area contributed by atoms with Crippen molar-refractivity contribution in [2.75, 3.05) is 19.3 Å². The van der Waals surface area contributed by atoms with E-state index in [1.807, 2.05) is 19.2 Å². The van der Waals surface area contributed by atoms with Crippen molar-refractivity contribution in [2.45, 2.75) is 12.3 Å². The molecule has 0 aliphatic rings. The second-order valence-electron chi connectivity index (χ2n) is 2.74. The first-order valence-electron chi connectivity index (χ1n) is 4.37. The van der Waals surface area contributed by atoms with E-state index in [1.54, 1.807) is 11.8 Å². The molecule has 0 atom stereocenters. The van der Waals surface area contributed by atoms with Crippen molar-refractivity contribution in [1.82, 2.24) is 5.32 Å². The molecule has 0 aliphatic carbocycles.